The van der Waals surface area contributed by atoms with Gasteiger partial charge in [0.2, 0.25) is 0 Å². The maximum absolute atomic E-state index is 13.1. The molecule has 0 aromatic carbocycles. The van der Waals surface area contributed by atoms with Crippen LogP contribution in [0.25, 0.3) is 5.65 Å². The zero-order valence-electron chi connectivity index (χ0n) is 18.3. The second-order valence-corrected chi connectivity index (χ2v) is 9.02. The van der Waals surface area contributed by atoms with Crippen LogP contribution in [0.5, 0.6) is 0 Å². The molecule has 0 unspecified atom stereocenters. The first kappa shape index (κ1) is 22.9. The van der Waals surface area contributed by atoms with Gasteiger partial charge in [0, 0.05) is 48.5 Å². The van der Waals surface area contributed by atoms with Gasteiger partial charge in [-0.3, -0.25) is 19.6 Å². The fourth-order valence-electron chi connectivity index (χ4n) is 3.90. The molecule has 1 amide bonds. The van der Waals surface area contributed by atoms with Gasteiger partial charge in [-0.1, -0.05) is 0 Å². The van der Waals surface area contributed by atoms with Crippen LogP contribution in [-0.4, -0.2) is 37.0 Å². The minimum Gasteiger partial charge on any atom is -0.350 e. The van der Waals surface area contributed by atoms with Gasteiger partial charge < -0.3 is 10.2 Å². The number of aromatic nitrogens is 5. The lowest BCUT2D eigenvalue weighted by Crippen LogP contribution is -2.34. The van der Waals surface area contributed by atoms with Crippen LogP contribution >= 0.6 is 11.3 Å². The summed E-state index contributed by atoms with van der Waals surface area (Å²) in [6.07, 6.45) is -1.55. The molecule has 0 bridgehead atoms. The number of alkyl halides is 3. The van der Waals surface area contributed by atoms with E-state index in [1.807, 2.05) is 0 Å². The molecule has 0 saturated heterocycles. The predicted octanol–water partition coefficient (Wildman–Crippen LogP) is 2.76. The highest BCUT2D eigenvalue weighted by Gasteiger charge is 2.32. The molecule has 1 N–H and O–H groups in total. The fourth-order valence-corrected chi connectivity index (χ4v) is 4.43. The topological polar surface area (TPSA) is 105 Å². The summed E-state index contributed by atoms with van der Waals surface area (Å²) in [5.41, 5.74) is 2.21. The Balaban J connectivity index is 1.43. The Labute approximate surface area is 200 Å². The molecular weight excluding hydrogens is 483 g/mol. The van der Waals surface area contributed by atoms with E-state index in [0.717, 1.165) is 27.7 Å². The first-order valence-corrected chi connectivity index (χ1v) is 11.4. The van der Waals surface area contributed by atoms with E-state index in [2.05, 4.69) is 25.4 Å². The number of nitrogens with zero attached hydrogens (tertiary/aromatic N) is 6. The zero-order chi connectivity index (χ0) is 24.7. The molecule has 1 aliphatic rings. The second-order valence-electron chi connectivity index (χ2n) is 8.05. The summed E-state index contributed by atoms with van der Waals surface area (Å²) >= 11 is 1.39. The molecule has 0 radical (unpaired) electrons. The Morgan fingerprint density at radius 2 is 2.06 bits per heavy atom. The molecule has 0 aliphatic carbocycles. The third-order valence-electron chi connectivity index (χ3n) is 5.62. The lowest BCUT2D eigenvalue weighted by atomic mass is 10.0. The van der Waals surface area contributed by atoms with Crippen molar-refractivity contribution >= 4 is 28.7 Å². The molecule has 4 aromatic heterocycles. The Bertz CT molecular complexity index is 1490. The van der Waals surface area contributed by atoms with Gasteiger partial charge in [-0.25, -0.2) is 4.98 Å². The van der Waals surface area contributed by atoms with Crippen molar-refractivity contribution in [3.63, 3.8) is 0 Å². The van der Waals surface area contributed by atoms with E-state index in [0.29, 0.717) is 35.6 Å². The number of hydrogen-bond donors (Lipinski definition) is 1. The number of pyridine rings is 1. The average Bonchev–Trinajstić information content (AvgIpc) is 3.34. The van der Waals surface area contributed by atoms with E-state index in [1.165, 1.54) is 11.3 Å². The van der Waals surface area contributed by atoms with Crippen molar-refractivity contribution in [2.45, 2.75) is 32.6 Å². The van der Waals surface area contributed by atoms with Gasteiger partial charge in [-0.15, -0.1) is 16.4 Å². The van der Waals surface area contributed by atoms with Crippen molar-refractivity contribution in [3.8, 4) is 0 Å². The maximum Gasteiger partial charge on any atom is 0.417 e. The smallest absolute Gasteiger partial charge is 0.350 e. The number of carbonyl (C=O) groups excluding carboxylic acids is 1. The number of rotatable bonds is 4. The highest BCUT2D eigenvalue weighted by molar-refractivity contribution is 7.09. The summed E-state index contributed by atoms with van der Waals surface area (Å²) in [5.74, 6) is -0.0489. The van der Waals surface area contributed by atoms with Gasteiger partial charge in [0.15, 0.2) is 11.5 Å². The van der Waals surface area contributed by atoms with Crippen molar-refractivity contribution in [2.75, 3.05) is 11.4 Å². The van der Waals surface area contributed by atoms with E-state index in [1.54, 1.807) is 29.6 Å². The van der Waals surface area contributed by atoms with Gasteiger partial charge in [-0.05, 0) is 30.2 Å². The van der Waals surface area contributed by atoms with Crippen LogP contribution in [-0.2, 0) is 25.7 Å². The SMILES string of the molecule is Cc1cc2nc(C(=O)NCc3cncs3)cc(=O)n2nc1N1CCc2ncc(C(F)(F)F)cc2C1. The van der Waals surface area contributed by atoms with Gasteiger partial charge in [0.05, 0.1) is 17.6 Å². The zero-order valence-corrected chi connectivity index (χ0v) is 19.2. The molecule has 0 saturated carbocycles. The van der Waals surface area contributed by atoms with E-state index in [-0.39, 0.29) is 24.4 Å². The normalized spacial score (nSPS) is 13.7. The number of hydrogen-bond acceptors (Lipinski definition) is 8. The van der Waals surface area contributed by atoms with Gasteiger partial charge in [0.25, 0.3) is 11.5 Å². The molecule has 4 aromatic rings. The van der Waals surface area contributed by atoms with Crippen LogP contribution in [0.15, 0.2) is 40.9 Å². The average molecular weight is 501 g/mol. The Morgan fingerprint density at radius 3 is 2.80 bits per heavy atom. The van der Waals surface area contributed by atoms with Crippen LogP contribution in [0.1, 0.15) is 37.7 Å². The minimum atomic E-state index is -4.48. The maximum atomic E-state index is 13.1. The number of thiazole rings is 1. The van der Waals surface area contributed by atoms with Crippen LogP contribution in [0.4, 0.5) is 19.0 Å². The van der Waals surface area contributed by atoms with E-state index < -0.39 is 23.2 Å². The van der Waals surface area contributed by atoms with Crippen molar-refractivity contribution < 1.29 is 18.0 Å². The van der Waals surface area contributed by atoms with Crippen molar-refractivity contribution in [1.82, 2.24) is 29.9 Å². The number of fused-ring (bicyclic) bond motifs is 2. The Morgan fingerprint density at radius 1 is 1.23 bits per heavy atom. The molecule has 0 atom stereocenters. The molecule has 180 valence electrons. The largest absolute Gasteiger partial charge is 0.417 e. The fraction of sp³-hybridized carbons (Fsp3) is 0.273. The van der Waals surface area contributed by atoms with E-state index >= 15 is 0 Å². The molecule has 5 rings (SSSR count). The molecule has 5 heterocycles. The number of anilines is 1. The third kappa shape index (κ3) is 4.58. The van der Waals surface area contributed by atoms with Crippen LogP contribution in [0.2, 0.25) is 0 Å². The molecular formula is C22H18F3N7O2S. The first-order chi connectivity index (χ1) is 16.7. The highest BCUT2D eigenvalue weighted by atomic mass is 32.1. The predicted molar refractivity (Wildman–Crippen MR) is 121 cm³/mol. The highest BCUT2D eigenvalue weighted by Crippen LogP contribution is 2.32. The summed E-state index contributed by atoms with van der Waals surface area (Å²) in [4.78, 5) is 40.1. The number of nitrogens with one attached hydrogen (secondary N) is 1. The Kier molecular flexibility index (Phi) is 5.71. The number of amides is 1. The number of aryl methyl sites for hydroxylation is 1. The van der Waals surface area contributed by atoms with Crippen LogP contribution in [0.3, 0.4) is 0 Å². The minimum absolute atomic E-state index is 0.0360. The lowest BCUT2D eigenvalue weighted by molar-refractivity contribution is -0.137. The summed E-state index contributed by atoms with van der Waals surface area (Å²) in [7, 11) is 0. The van der Waals surface area contributed by atoms with E-state index in [9.17, 15) is 22.8 Å². The molecule has 35 heavy (non-hydrogen) atoms. The Hall–Kier alpha value is -3.87. The second kappa shape index (κ2) is 8.73. The van der Waals surface area contributed by atoms with Crippen LogP contribution < -0.4 is 15.8 Å². The quantitative estimate of drug-likeness (QED) is 0.459. The van der Waals surface area contributed by atoms with Crippen LogP contribution in [0, 0.1) is 6.92 Å². The summed E-state index contributed by atoms with van der Waals surface area (Å²) in [6.45, 7) is 2.68. The van der Waals surface area contributed by atoms with Gasteiger partial charge in [0.1, 0.15) is 5.69 Å². The van der Waals surface area contributed by atoms with Crippen molar-refractivity contribution in [1.29, 1.82) is 0 Å². The van der Waals surface area contributed by atoms with E-state index in [4.69, 9.17) is 0 Å². The summed E-state index contributed by atoms with van der Waals surface area (Å²) in [6, 6.07) is 3.84. The molecule has 0 fully saturated rings. The van der Waals surface area contributed by atoms with Gasteiger partial charge in [-0.2, -0.15) is 17.7 Å². The monoisotopic (exact) mass is 501 g/mol. The molecule has 13 heteroatoms. The van der Waals surface area contributed by atoms with Crippen molar-refractivity contribution in [3.05, 3.63) is 79.4 Å². The summed E-state index contributed by atoms with van der Waals surface area (Å²) < 4.78 is 40.5. The first-order valence-electron chi connectivity index (χ1n) is 10.6. The van der Waals surface area contributed by atoms with Gasteiger partial charge >= 0.3 is 6.18 Å². The summed E-state index contributed by atoms with van der Waals surface area (Å²) in [5, 5.41) is 7.12. The molecule has 9 nitrogen and oxygen atoms in total. The third-order valence-corrected chi connectivity index (χ3v) is 6.40. The molecule has 1 aliphatic heterocycles. The molecule has 0 spiro atoms. The van der Waals surface area contributed by atoms with Crippen molar-refractivity contribution in [2.24, 2.45) is 0 Å². The lowest BCUT2D eigenvalue weighted by Gasteiger charge is -2.30. The standard InChI is InChI=1S/C22H18F3N7O2S/c1-12-4-18-29-17(21(34)28-9-15-8-26-11-35-15)6-19(33)32(18)30-20(12)31-3-2-16-13(10-31)5-14(7-27-16)22(23,24)25/h4-8,11H,2-3,9-10H2,1H3,(H,28,34). The number of carbonyl (C=O) groups is 1. The number of halogens is 3.